The predicted octanol–water partition coefficient (Wildman–Crippen LogP) is 4.03. The van der Waals surface area contributed by atoms with Crippen molar-refractivity contribution in [2.45, 2.75) is 6.92 Å². The Morgan fingerprint density at radius 3 is 2.09 bits per heavy atom. The summed E-state index contributed by atoms with van der Waals surface area (Å²) >= 11 is 5.83. The molecule has 0 heterocycles. The first-order valence-electron chi connectivity index (χ1n) is 9.82. The number of hydrogen-bond donors (Lipinski definition) is 3. The molecular formula is C24H22ClN3O4. The fraction of sp³-hybridized carbons (Fsp3) is 0.125. The Morgan fingerprint density at radius 2 is 1.41 bits per heavy atom. The van der Waals surface area contributed by atoms with E-state index in [4.69, 9.17) is 16.3 Å². The molecule has 3 amide bonds. The average molecular weight is 452 g/mol. The van der Waals surface area contributed by atoms with Crippen LogP contribution in [0.2, 0.25) is 5.02 Å². The Balaban J connectivity index is 1.52. The maximum Gasteiger partial charge on any atom is 0.262 e. The molecule has 3 aromatic carbocycles. The van der Waals surface area contributed by atoms with Crippen LogP contribution >= 0.6 is 11.6 Å². The third-order valence-electron chi connectivity index (χ3n) is 4.36. The molecule has 0 atom stereocenters. The molecule has 0 bridgehead atoms. The Kier molecular flexibility index (Phi) is 7.83. The lowest BCUT2D eigenvalue weighted by molar-refractivity contribution is -0.118. The van der Waals surface area contributed by atoms with Gasteiger partial charge in [-0.1, -0.05) is 41.4 Å². The first-order valence-corrected chi connectivity index (χ1v) is 10.2. The molecule has 0 spiro atoms. The number of anilines is 2. The molecule has 0 aliphatic carbocycles. The molecule has 0 aromatic heterocycles. The van der Waals surface area contributed by atoms with Crippen molar-refractivity contribution in [1.82, 2.24) is 5.32 Å². The number of halogens is 1. The minimum atomic E-state index is -0.488. The van der Waals surface area contributed by atoms with Gasteiger partial charge in [0.2, 0.25) is 5.91 Å². The third-order valence-corrected chi connectivity index (χ3v) is 4.62. The molecule has 7 nitrogen and oxygen atoms in total. The monoisotopic (exact) mass is 451 g/mol. The van der Waals surface area contributed by atoms with E-state index in [1.54, 1.807) is 60.7 Å². The largest absolute Gasteiger partial charge is 0.483 e. The lowest BCUT2D eigenvalue weighted by atomic mass is 10.2. The van der Waals surface area contributed by atoms with Crippen molar-refractivity contribution < 1.29 is 19.1 Å². The summed E-state index contributed by atoms with van der Waals surface area (Å²) in [5.41, 5.74) is 2.52. The van der Waals surface area contributed by atoms with Crippen LogP contribution in [0.1, 0.15) is 15.9 Å². The van der Waals surface area contributed by atoms with Crippen LogP contribution in [0.25, 0.3) is 0 Å². The minimum absolute atomic E-state index is 0.210. The Labute approximate surface area is 190 Å². The summed E-state index contributed by atoms with van der Waals surface area (Å²) in [5.74, 6) is -1.00. The summed E-state index contributed by atoms with van der Waals surface area (Å²) in [4.78, 5) is 36.8. The van der Waals surface area contributed by atoms with Crippen LogP contribution in [-0.2, 0) is 9.59 Å². The first kappa shape index (κ1) is 22.8. The highest BCUT2D eigenvalue weighted by Gasteiger charge is 2.14. The van der Waals surface area contributed by atoms with Gasteiger partial charge in [-0.15, -0.1) is 0 Å². The van der Waals surface area contributed by atoms with Gasteiger partial charge in [-0.25, -0.2) is 0 Å². The zero-order chi connectivity index (χ0) is 22.9. The summed E-state index contributed by atoms with van der Waals surface area (Å²) < 4.78 is 5.53. The molecule has 0 saturated heterocycles. The molecule has 164 valence electrons. The van der Waals surface area contributed by atoms with Crippen molar-refractivity contribution in [2.75, 3.05) is 23.8 Å². The van der Waals surface area contributed by atoms with Crippen molar-refractivity contribution in [3.05, 3.63) is 88.9 Å². The summed E-state index contributed by atoms with van der Waals surface area (Å²) in [6.07, 6.45) is 0. The fourth-order valence-electron chi connectivity index (χ4n) is 2.75. The average Bonchev–Trinajstić information content (AvgIpc) is 2.79. The van der Waals surface area contributed by atoms with E-state index < -0.39 is 5.91 Å². The SMILES string of the molecule is Cc1ccc(NC(=O)CNC(=O)c2ccccc2OCC(=O)Nc2ccc(Cl)cc2)cc1. The van der Waals surface area contributed by atoms with E-state index in [9.17, 15) is 14.4 Å². The number of carbonyl (C=O) groups is 3. The quantitative estimate of drug-likeness (QED) is 0.481. The number of para-hydroxylation sites is 1. The van der Waals surface area contributed by atoms with Crippen molar-refractivity contribution in [1.29, 1.82) is 0 Å². The highest BCUT2D eigenvalue weighted by Crippen LogP contribution is 2.18. The van der Waals surface area contributed by atoms with Gasteiger partial charge in [0.25, 0.3) is 11.8 Å². The van der Waals surface area contributed by atoms with E-state index in [2.05, 4.69) is 16.0 Å². The summed E-state index contributed by atoms with van der Waals surface area (Å²) in [5, 5.41) is 8.51. The number of nitrogens with one attached hydrogen (secondary N) is 3. The molecule has 0 radical (unpaired) electrons. The summed E-state index contributed by atoms with van der Waals surface area (Å²) in [7, 11) is 0. The van der Waals surface area contributed by atoms with Crippen LogP contribution < -0.4 is 20.7 Å². The Bertz CT molecular complexity index is 1100. The standard InChI is InChI=1S/C24H22ClN3O4/c1-16-6-10-18(11-7-16)27-22(29)14-26-24(31)20-4-2-3-5-21(20)32-15-23(30)28-19-12-8-17(25)9-13-19/h2-13H,14-15H2,1H3,(H,26,31)(H,27,29)(H,28,30). The van der Waals surface area contributed by atoms with Gasteiger partial charge in [-0.05, 0) is 55.5 Å². The summed E-state index contributed by atoms with van der Waals surface area (Å²) in [6, 6.07) is 20.5. The number of hydrogen-bond acceptors (Lipinski definition) is 4. The molecule has 3 N–H and O–H groups in total. The topological polar surface area (TPSA) is 96.5 Å². The lowest BCUT2D eigenvalue weighted by Gasteiger charge is -2.12. The molecule has 0 fully saturated rings. The van der Waals surface area contributed by atoms with Gasteiger partial charge in [-0.2, -0.15) is 0 Å². The smallest absolute Gasteiger partial charge is 0.262 e. The van der Waals surface area contributed by atoms with Crippen LogP contribution in [0.15, 0.2) is 72.8 Å². The van der Waals surface area contributed by atoms with E-state index in [0.717, 1.165) is 5.56 Å². The van der Waals surface area contributed by atoms with Crippen LogP contribution in [0.5, 0.6) is 5.75 Å². The van der Waals surface area contributed by atoms with E-state index in [-0.39, 0.29) is 36.3 Å². The van der Waals surface area contributed by atoms with Crippen LogP contribution in [0.3, 0.4) is 0 Å². The van der Waals surface area contributed by atoms with Crippen molar-refractivity contribution in [3.8, 4) is 5.75 Å². The number of aryl methyl sites for hydroxylation is 1. The van der Waals surface area contributed by atoms with Crippen LogP contribution in [0.4, 0.5) is 11.4 Å². The van der Waals surface area contributed by atoms with Gasteiger partial charge in [0.15, 0.2) is 6.61 Å². The number of benzene rings is 3. The number of rotatable bonds is 8. The third kappa shape index (κ3) is 6.85. The number of amides is 3. The second kappa shape index (κ2) is 11.0. The predicted molar refractivity (Wildman–Crippen MR) is 124 cm³/mol. The first-order chi connectivity index (χ1) is 15.4. The molecule has 3 rings (SSSR count). The van der Waals surface area contributed by atoms with Gasteiger partial charge in [0.05, 0.1) is 12.1 Å². The van der Waals surface area contributed by atoms with Gasteiger partial charge < -0.3 is 20.7 Å². The molecular weight excluding hydrogens is 430 g/mol. The van der Waals surface area contributed by atoms with E-state index in [0.29, 0.717) is 16.4 Å². The van der Waals surface area contributed by atoms with Gasteiger partial charge >= 0.3 is 0 Å². The fourth-order valence-corrected chi connectivity index (χ4v) is 2.88. The molecule has 3 aromatic rings. The van der Waals surface area contributed by atoms with E-state index in [1.807, 2.05) is 19.1 Å². The van der Waals surface area contributed by atoms with E-state index >= 15 is 0 Å². The molecule has 0 unspecified atom stereocenters. The lowest BCUT2D eigenvalue weighted by Crippen LogP contribution is -2.33. The minimum Gasteiger partial charge on any atom is -0.483 e. The molecule has 8 heteroatoms. The van der Waals surface area contributed by atoms with Gasteiger partial charge in [-0.3, -0.25) is 14.4 Å². The van der Waals surface area contributed by atoms with Gasteiger partial charge in [0, 0.05) is 16.4 Å². The number of carbonyl (C=O) groups excluding carboxylic acids is 3. The van der Waals surface area contributed by atoms with Crippen LogP contribution in [-0.4, -0.2) is 30.9 Å². The van der Waals surface area contributed by atoms with Crippen molar-refractivity contribution >= 4 is 40.7 Å². The van der Waals surface area contributed by atoms with Crippen molar-refractivity contribution in [2.24, 2.45) is 0 Å². The van der Waals surface area contributed by atoms with E-state index in [1.165, 1.54) is 0 Å². The highest BCUT2D eigenvalue weighted by molar-refractivity contribution is 6.30. The molecule has 0 aliphatic rings. The number of ether oxygens (including phenoxy) is 1. The highest BCUT2D eigenvalue weighted by atomic mass is 35.5. The second-order valence-corrected chi connectivity index (χ2v) is 7.37. The zero-order valence-electron chi connectivity index (χ0n) is 17.4. The van der Waals surface area contributed by atoms with Crippen LogP contribution in [0, 0.1) is 6.92 Å². The molecule has 0 saturated carbocycles. The molecule has 0 aliphatic heterocycles. The maximum absolute atomic E-state index is 12.6. The Hall–Kier alpha value is -3.84. The summed E-state index contributed by atoms with van der Waals surface area (Å²) in [6.45, 7) is 1.45. The van der Waals surface area contributed by atoms with Crippen molar-refractivity contribution in [3.63, 3.8) is 0 Å². The zero-order valence-corrected chi connectivity index (χ0v) is 18.1. The van der Waals surface area contributed by atoms with Gasteiger partial charge in [0.1, 0.15) is 5.75 Å². The Morgan fingerprint density at radius 1 is 0.812 bits per heavy atom. The second-order valence-electron chi connectivity index (χ2n) is 6.94. The molecule has 32 heavy (non-hydrogen) atoms. The normalized spacial score (nSPS) is 10.2. The maximum atomic E-state index is 12.6.